The fourth-order valence-corrected chi connectivity index (χ4v) is 1.31. The highest BCUT2D eigenvalue weighted by molar-refractivity contribution is 4.82. The summed E-state index contributed by atoms with van der Waals surface area (Å²) in [5, 5.41) is 6.13. The molecule has 1 heterocycles. The highest BCUT2D eigenvalue weighted by Crippen LogP contribution is 2.06. The number of halogens is 1. The fourth-order valence-electron chi connectivity index (χ4n) is 1.31. The molecular weight excluding hydrogens is 131 g/mol. The zero-order valence-corrected chi connectivity index (χ0v) is 6.36. The van der Waals surface area contributed by atoms with Crippen LogP contribution in [0.1, 0.15) is 13.3 Å². The molecule has 0 spiro atoms. The van der Waals surface area contributed by atoms with Crippen LogP contribution in [-0.2, 0) is 0 Å². The number of hydrogen-bond acceptors (Lipinski definition) is 2. The lowest BCUT2D eigenvalue weighted by molar-refractivity contribution is 0.205. The van der Waals surface area contributed by atoms with Crippen LogP contribution < -0.4 is 10.6 Å². The summed E-state index contributed by atoms with van der Waals surface area (Å²) < 4.78 is 12.9. The van der Waals surface area contributed by atoms with Crippen LogP contribution >= 0.6 is 0 Å². The summed E-state index contributed by atoms with van der Waals surface area (Å²) in [6.07, 6.45) is 0.211. The molecule has 2 atom stereocenters. The first-order chi connectivity index (χ1) is 4.84. The second kappa shape index (κ2) is 3.88. The second-order valence-electron chi connectivity index (χ2n) is 2.67. The maximum Gasteiger partial charge on any atom is 0.128 e. The summed E-state index contributed by atoms with van der Waals surface area (Å²) in [4.78, 5) is 0. The Morgan fingerprint density at radius 2 is 2.50 bits per heavy atom. The molecule has 0 aromatic carbocycles. The number of hydrogen-bond donors (Lipinski definition) is 2. The van der Waals surface area contributed by atoms with Crippen LogP contribution in [0.2, 0.25) is 0 Å². The monoisotopic (exact) mass is 146 g/mol. The lowest BCUT2D eigenvalue weighted by Gasteiger charge is -2.26. The molecule has 3 heteroatoms. The maximum absolute atomic E-state index is 12.9. The average Bonchev–Trinajstić information content (AvgIpc) is 1.94. The summed E-state index contributed by atoms with van der Waals surface area (Å²) >= 11 is 0. The average molecular weight is 146 g/mol. The lowest BCUT2D eigenvalue weighted by atomic mass is 10.1. The van der Waals surface area contributed by atoms with Crippen LogP contribution in [0, 0.1) is 0 Å². The van der Waals surface area contributed by atoms with E-state index < -0.39 is 6.17 Å². The van der Waals surface area contributed by atoms with Gasteiger partial charge in [0.2, 0.25) is 0 Å². The molecule has 1 aliphatic rings. The molecule has 0 aromatic heterocycles. The van der Waals surface area contributed by atoms with Crippen molar-refractivity contribution in [2.75, 3.05) is 19.6 Å². The molecule has 1 rings (SSSR count). The van der Waals surface area contributed by atoms with Gasteiger partial charge in [-0.2, -0.15) is 0 Å². The first-order valence-corrected chi connectivity index (χ1v) is 3.92. The third-order valence-corrected chi connectivity index (χ3v) is 1.87. The van der Waals surface area contributed by atoms with Crippen LogP contribution in [0.5, 0.6) is 0 Å². The minimum atomic E-state index is -0.700. The van der Waals surface area contributed by atoms with Gasteiger partial charge in [0.1, 0.15) is 6.17 Å². The van der Waals surface area contributed by atoms with E-state index in [1.165, 1.54) is 0 Å². The quantitative estimate of drug-likeness (QED) is 0.585. The number of rotatable bonds is 2. The Morgan fingerprint density at radius 3 is 3.10 bits per heavy atom. The van der Waals surface area contributed by atoms with Gasteiger partial charge in [0.25, 0.3) is 0 Å². The number of piperidine rings is 1. The molecule has 1 saturated heterocycles. The van der Waals surface area contributed by atoms with Gasteiger partial charge in [0.05, 0.1) is 0 Å². The third-order valence-electron chi connectivity index (χ3n) is 1.87. The Hall–Kier alpha value is -0.150. The molecule has 0 radical (unpaired) electrons. The zero-order valence-electron chi connectivity index (χ0n) is 6.36. The molecule has 1 aliphatic heterocycles. The van der Waals surface area contributed by atoms with Crippen LogP contribution in [0.4, 0.5) is 4.39 Å². The fraction of sp³-hybridized carbons (Fsp3) is 1.00. The minimum Gasteiger partial charge on any atom is -0.314 e. The smallest absolute Gasteiger partial charge is 0.128 e. The van der Waals surface area contributed by atoms with Crippen LogP contribution in [0.3, 0.4) is 0 Å². The van der Waals surface area contributed by atoms with E-state index in [0.717, 1.165) is 19.5 Å². The number of alkyl halides is 1. The van der Waals surface area contributed by atoms with Gasteiger partial charge in [0, 0.05) is 12.6 Å². The van der Waals surface area contributed by atoms with Crippen LogP contribution in [0.25, 0.3) is 0 Å². The van der Waals surface area contributed by atoms with Gasteiger partial charge in [-0.05, 0) is 19.5 Å². The van der Waals surface area contributed by atoms with E-state index in [1.807, 2.05) is 6.92 Å². The Morgan fingerprint density at radius 1 is 1.70 bits per heavy atom. The van der Waals surface area contributed by atoms with E-state index in [9.17, 15) is 4.39 Å². The summed E-state index contributed by atoms with van der Waals surface area (Å²) in [5.41, 5.74) is 0. The molecule has 0 unspecified atom stereocenters. The molecular formula is C7H15FN2. The van der Waals surface area contributed by atoms with Gasteiger partial charge >= 0.3 is 0 Å². The van der Waals surface area contributed by atoms with E-state index in [2.05, 4.69) is 10.6 Å². The van der Waals surface area contributed by atoms with Crippen molar-refractivity contribution in [3.8, 4) is 0 Å². The van der Waals surface area contributed by atoms with E-state index >= 15 is 0 Å². The van der Waals surface area contributed by atoms with Crippen molar-refractivity contribution in [3.05, 3.63) is 0 Å². The van der Waals surface area contributed by atoms with Gasteiger partial charge in [-0.25, -0.2) is 4.39 Å². The highest BCUT2D eigenvalue weighted by atomic mass is 19.1. The van der Waals surface area contributed by atoms with E-state index in [4.69, 9.17) is 0 Å². The van der Waals surface area contributed by atoms with Gasteiger partial charge in [-0.1, -0.05) is 6.92 Å². The topological polar surface area (TPSA) is 24.1 Å². The number of nitrogens with one attached hydrogen (secondary N) is 2. The Bertz CT molecular complexity index is 95.6. The summed E-state index contributed by atoms with van der Waals surface area (Å²) in [7, 11) is 0. The van der Waals surface area contributed by atoms with Crippen molar-refractivity contribution < 1.29 is 4.39 Å². The third kappa shape index (κ3) is 1.92. The SMILES string of the molecule is CCN[C@H]1CCNC[C@H]1F. The summed E-state index contributed by atoms with van der Waals surface area (Å²) in [6, 6.07) is 0.0891. The zero-order chi connectivity index (χ0) is 7.40. The van der Waals surface area contributed by atoms with E-state index in [0.29, 0.717) is 6.54 Å². The Balaban J connectivity index is 2.25. The molecule has 0 bridgehead atoms. The van der Waals surface area contributed by atoms with Crippen molar-refractivity contribution in [1.29, 1.82) is 0 Å². The highest BCUT2D eigenvalue weighted by Gasteiger charge is 2.22. The molecule has 0 amide bonds. The predicted octanol–water partition coefficient (Wildman–Crippen LogP) is 0.296. The van der Waals surface area contributed by atoms with Crippen molar-refractivity contribution >= 4 is 0 Å². The Labute approximate surface area is 61.2 Å². The van der Waals surface area contributed by atoms with Gasteiger partial charge in [0.15, 0.2) is 0 Å². The molecule has 0 saturated carbocycles. The minimum absolute atomic E-state index is 0.0891. The van der Waals surface area contributed by atoms with Crippen molar-refractivity contribution in [2.45, 2.75) is 25.6 Å². The van der Waals surface area contributed by atoms with Crippen LogP contribution in [0.15, 0.2) is 0 Å². The molecule has 10 heavy (non-hydrogen) atoms. The molecule has 1 fully saturated rings. The summed E-state index contributed by atoms with van der Waals surface area (Å²) in [5.74, 6) is 0. The molecule has 0 aromatic rings. The molecule has 60 valence electrons. The largest absolute Gasteiger partial charge is 0.314 e. The van der Waals surface area contributed by atoms with Crippen LogP contribution in [-0.4, -0.2) is 31.8 Å². The van der Waals surface area contributed by atoms with E-state index in [-0.39, 0.29) is 6.04 Å². The first-order valence-electron chi connectivity index (χ1n) is 3.92. The van der Waals surface area contributed by atoms with Gasteiger partial charge in [-0.3, -0.25) is 0 Å². The van der Waals surface area contributed by atoms with E-state index in [1.54, 1.807) is 0 Å². The second-order valence-corrected chi connectivity index (χ2v) is 2.67. The summed E-state index contributed by atoms with van der Waals surface area (Å²) in [6.45, 7) is 4.33. The van der Waals surface area contributed by atoms with Crippen molar-refractivity contribution in [3.63, 3.8) is 0 Å². The maximum atomic E-state index is 12.9. The van der Waals surface area contributed by atoms with Gasteiger partial charge in [-0.15, -0.1) is 0 Å². The molecule has 2 nitrogen and oxygen atoms in total. The predicted molar refractivity (Wildman–Crippen MR) is 39.8 cm³/mol. The normalized spacial score (nSPS) is 34.2. The molecule has 0 aliphatic carbocycles. The van der Waals surface area contributed by atoms with Crippen molar-refractivity contribution in [1.82, 2.24) is 10.6 Å². The standard InChI is InChI=1S/C7H15FN2/c1-2-10-7-3-4-9-5-6(7)8/h6-7,9-10H,2-5H2,1H3/t6-,7+/m1/s1. The van der Waals surface area contributed by atoms with Gasteiger partial charge < -0.3 is 10.6 Å². The Kier molecular flexibility index (Phi) is 3.09. The first kappa shape index (κ1) is 7.95. The van der Waals surface area contributed by atoms with Crippen molar-refractivity contribution in [2.24, 2.45) is 0 Å². The molecule has 2 N–H and O–H groups in total. The lowest BCUT2D eigenvalue weighted by Crippen LogP contribution is -2.48.